The average molecular weight is 450 g/mol. The maximum atomic E-state index is 12.7. The van der Waals surface area contributed by atoms with Gasteiger partial charge in [0.1, 0.15) is 11.4 Å². The number of nitrogen functional groups attached to an aromatic ring is 1. The minimum Gasteiger partial charge on any atom is -0.444 e. The Morgan fingerprint density at radius 1 is 1.06 bits per heavy atom. The monoisotopic (exact) mass is 449 g/mol. The Hall–Kier alpha value is -3.62. The average Bonchev–Trinajstić information content (AvgIpc) is 2.72. The van der Waals surface area contributed by atoms with E-state index in [1.807, 2.05) is 43.9 Å². The number of aromatic nitrogens is 3. The summed E-state index contributed by atoms with van der Waals surface area (Å²) in [6.45, 7) is 11.2. The molecular weight excluding hydrogens is 418 g/mol. The van der Waals surface area contributed by atoms with E-state index >= 15 is 0 Å². The van der Waals surface area contributed by atoms with Crippen LogP contribution in [0.4, 0.5) is 27.9 Å². The van der Waals surface area contributed by atoms with Crippen molar-refractivity contribution in [1.82, 2.24) is 19.9 Å². The van der Waals surface area contributed by atoms with Gasteiger partial charge in [-0.2, -0.15) is 4.98 Å². The van der Waals surface area contributed by atoms with Crippen molar-refractivity contribution in [1.29, 1.82) is 0 Å². The lowest BCUT2D eigenvalue weighted by Crippen LogP contribution is -2.59. The van der Waals surface area contributed by atoms with Crippen molar-refractivity contribution < 1.29 is 9.53 Å². The molecule has 2 unspecified atom stereocenters. The number of carbonyl (C=O) groups is 1. The van der Waals surface area contributed by atoms with Crippen molar-refractivity contribution in [3.8, 4) is 0 Å². The van der Waals surface area contributed by atoms with E-state index < -0.39 is 5.60 Å². The summed E-state index contributed by atoms with van der Waals surface area (Å²) in [5.41, 5.74) is 7.77. The number of anilines is 4. The Balaban J connectivity index is 1.43. The van der Waals surface area contributed by atoms with E-state index in [2.05, 4.69) is 51.1 Å². The lowest BCUT2D eigenvalue weighted by atomic mass is 10.1. The number of rotatable bonds is 3. The number of benzene rings is 1. The van der Waals surface area contributed by atoms with Crippen LogP contribution < -0.4 is 16.0 Å². The molecule has 0 bridgehead atoms. The lowest BCUT2D eigenvalue weighted by Gasteiger charge is -2.45. The standard InChI is InChI=1S/C24H31N7O2/c1-15-13-30(14-16(2)31(15)23(32)33-24(3,4)5)19-9-7-18(8-10-19)27-22-26-12-17-6-11-20(25)28-21(17)29-22/h6-12,15-16H,13-14H2,1-5H3,(H3,25,26,27,28,29). The number of nitrogens with one attached hydrogen (secondary N) is 1. The molecule has 2 atom stereocenters. The van der Waals surface area contributed by atoms with Crippen LogP contribution in [0, 0.1) is 0 Å². The first-order valence-electron chi connectivity index (χ1n) is 11.1. The van der Waals surface area contributed by atoms with Crippen molar-refractivity contribution in [3.63, 3.8) is 0 Å². The molecule has 1 aliphatic rings. The number of ether oxygens (including phenoxy) is 1. The molecule has 2 aromatic heterocycles. The summed E-state index contributed by atoms with van der Waals surface area (Å²) in [7, 11) is 0. The minimum atomic E-state index is -0.506. The first-order chi connectivity index (χ1) is 15.6. The van der Waals surface area contributed by atoms with Gasteiger partial charge in [0.15, 0.2) is 5.65 Å². The van der Waals surface area contributed by atoms with Crippen LogP contribution in [-0.2, 0) is 4.74 Å². The SMILES string of the molecule is CC1CN(c2ccc(Nc3ncc4ccc(N)nc4n3)cc2)CC(C)N1C(=O)OC(C)(C)C. The second-order valence-corrected chi connectivity index (χ2v) is 9.51. The molecule has 1 aromatic carbocycles. The molecular formula is C24H31N7O2. The highest BCUT2D eigenvalue weighted by Crippen LogP contribution is 2.26. The third-order valence-electron chi connectivity index (χ3n) is 5.48. The molecule has 0 aliphatic carbocycles. The topological polar surface area (TPSA) is 109 Å². The van der Waals surface area contributed by atoms with Crippen LogP contribution in [0.2, 0.25) is 0 Å². The first kappa shape index (κ1) is 22.6. The van der Waals surface area contributed by atoms with E-state index in [0.717, 1.165) is 29.9 Å². The van der Waals surface area contributed by atoms with Crippen molar-refractivity contribution in [3.05, 3.63) is 42.6 Å². The number of nitrogens with zero attached hydrogens (tertiary/aromatic N) is 5. The van der Waals surface area contributed by atoms with Crippen molar-refractivity contribution in [2.45, 2.75) is 52.3 Å². The second-order valence-electron chi connectivity index (χ2n) is 9.51. The van der Waals surface area contributed by atoms with Crippen LogP contribution in [0.3, 0.4) is 0 Å². The van der Waals surface area contributed by atoms with Crippen LogP contribution in [0.15, 0.2) is 42.6 Å². The molecule has 4 rings (SSSR count). The molecule has 0 radical (unpaired) electrons. The molecule has 174 valence electrons. The maximum absolute atomic E-state index is 12.7. The van der Waals surface area contributed by atoms with Gasteiger partial charge in [0, 0.05) is 36.0 Å². The molecule has 33 heavy (non-hydrogen) atoms. The number of piperazine rings is 1. The summed E-state index contributed by atoms with van der Waals surface area (Å²) in [5.74, 6) is 0.883. The van der Waals surface area contributed by atoms with Crippen LogP contribution in [-0.4, -0.2) is 56.7 Å². The fourth-order valence-corrected chi connectivity index (χ4v) is 4.08. The second kappa shape index (κ2) is 8.73. The van der Waals surface area contributed by atoms with E-state index in [-0.39, 0.29) is 18.2 Å². The number of pyridine rings is 1. The molecule has 1 saturated heterocycles. The van der Waals surface area contributed by atoms with E-state index in [9.17, 15) is 4.79 Å². The molecule has 1 aliphatic heterocycles. The van der Waals surface area contributed by atoms with Gasteiger partial charge in [-0.25, -0.2) is 14.8 Å². The van der Waals surface area contributed by atoms with E-state index in [1.165, 1.54) is 0 Å². The Labute approximate surface area is 194 Å². The third-order valence-corrected chi connectivity index (χ3v) is 5.48. The Kier molecular flexibility index (Phi) is 5.97. The number of carbonyl (C=O) groups excluding carboxylic acids is 1. The quantitative estimate of drug-likeness (QED) is 0.613. The van der Waals surface area contributed by atoms with Gasteiger partial charge in [0.05, 0.1) is 12.1 Å². The Morgan fingerprint density at radius 3 is 2.36 bits per heavy atom. The number of nitrogens with two attached hydrogens (primary N) is 1. The summed E-state index contributed by atoms with van der Waals surface area (Å²) in [6, 6.07) is 11.7. The van der Waals surface area contributed by atoms with Crippen LogP contribution in [0.1, 0.15) is 34.6 Å². The zero-order valence-electron chi connectivity index (χ0n) is 19.7. The van der Waals surface area contributed by atoms with Crippen LogP contribution in [0.5, 0.6) is 0 Å². The molecule has 9 heteroatoms. The molecule has 3 N–H and O–H groups in total. The Bertz CT molecular complexity index is 1130. The number of fused-ring (bicyclic) bond motifs is 1. The summed E-state index contributed by atoms with van der Waals surface area (Å²) < 4.78 is 5.60. The third kappa shape index (κ3) is 5.24. The largest absolute Gasteiger partial charge is 0.444 e. The molecule has 0 spiro atoms. The molecule has 1 amide bonds. The fourth-order valence-electron chi connectivity index (χ4n) is 4.08. The fraction of sp³-hybridized carbons (Fsp3) is 0.417. The molecule has 9 nitrogen and oxygen atoms in total. The van der Waals surface area contributed by atoms with Gasteiger partial charge < -0.3 is 20.7 Å². The van der Waals surface area contributed by atoms with Gasteiger partial charge >= 0.3 is 6.09 Å². The summed E-state index contributed by atoms with van der Waals surface area (Å²) in [5, 5.41) is 4.05. The highest BCUT2D eigenvalue weighted by molar-refractivity contribution is 5.77. The van der Waals surface area contributed by atoms with E-state index in [0.29, 0.717) is 17.4 Å². The van der Waals surface area contributed by atoms with Crippen molar-refractivity contribution in [2.75, 3.05) is 29.0 Å². The van der Waals surface area contributed by atoms with Gasteiger partial charge in [-0.15, -0.1) is 0 Å². The zero-order chi connectivity index (χ0) is 23.8. The highest BCUT2D eigenvalue weighted by atomic mass is 16.6. The smallest absolute Gasteiger partial charge is 0.410 e. The molecule has 3 heterocycles. The maximum Gasteiger partial charge on any atom is 0.410 e. The van der Waals surface area contributed by atoms with Crippen LogP contribution >= 0.6 is 0 Å². The van der Waals surface area contributed by atoms with E-state index in [1.54, 1.807) is 12.3 Å². The zero-order valence-corrected chi connectivity index (χ0v) is 19.7. The first-order valence-corrected chi connectivity index (χ1v) is 11.1. The van der Waals surface area contributed by atoms with Gasteiger partial charge in [-0.05, 0) is 71.0 Å². The lowest BCUT2D eigenvalue weighted by molar-refractivity contribution is 0.00566. The van der Waals surface area contributed by atoms with Gasteiger partial charge in [0.2, 0.25) is 5.95 Å². The summed E-state index contributed by atoms with van der Waals surface area (Å²) in [4.78, 5) is 29.8. The van der Waals surface area contributed by atoms with Gasteiger partial charge in [-0.3, -0.25) is 4.90 Å². The molecule has 1 fully saturated rings. The minimum absolute atomic E-state index is 0.0346. The number of hydrogen-bond acceptors (Lipinski definition) is 8. The molecule has 3 aromatic rings. The summed E-state index contributed by atoms with van der Waals surface area (Å²) in [6.07, 6.45) is 1.46. The number of amides is 1. The predicted molar refractivity (Wildman–Crippen MR) is 131 cm³/mol. The molecule has 0 saturated carbocycles. The van der Waals surface area contributed by atoms with Crippen molar-refractivity contribution >= 4 is 40.3 Å². The van der Waals surface area contributed by atoms with Gasteiger partial charge in [-0.1, -0.05) is 0 Å². The van der Waals surface area contributed by atoms with E-state index in [4.69, 9.17) is 10.5 Å². The Morgan fingerprint density at radius 2 is 1.73 bits per heavy atom. The predicted octanol–water partition coefficient (Wildman–Crippen LogP) is 4.18. The van der Waals surface area contributed by atoms with Crippen molar-refractivity contribution in [2.24, 2.45) is 0 Å². The van der Waals surface area contributed by atoms with Crippen LogP contribution in [0.25, 0.3) is 11.0 Å². The highest BCUT2D eigenvalue weighted by Gasteiger charge is 2.35. The van der Waals surface area contributed by atoms with Gasteiger partial charge in [0.25, 0.3) is 0 Å². The summed E-state index contributed by atoms with van der Waals surface area (Å²) >= 11 is 0. The normalized spacial score (nSPS) is 18.9. The number of hydrogen-bond donors (Lipinski definition) is 2.